The molecule has 1 amide bonds. The minimum Gasteiger partial charge on any atom is -0.505 e. The number of rotatable bonds is 3. The third-order valence-electron chi connectivity index (χ3n) is 2.50. The van der Waals surface area contributed by atoms with Gasteiger partial charge in [-0.15, -0.1) is 0 Å². The van der Waals surface area contributed by atoms with E-state index in [0.29, 0.717) is 0 Å². The number of halogens is 2. The molecule has 4 nitrogen and oxygen atoms in total. The van der Waals surface area contributed by atoms with Crippen molar-refractivity contribution in [1.82, 2.24) is 10.3 Å². The third kappa shape index (κ3) is 3.04. The predicted octanol–water partition coefficient (Wildman–Crippen LogP) is 2.00. The van der Waals surface area contributed by atoms with Crippen molar-refractivity contribution in [3.8, 4) is 5.75 Å². The summed E-state index contributed by atoms with van der Waals surface area (Å²) in [6.07, 6.45) is 2.49. The molecular formula is C13H10F2N2O2. The first-order valence-electron chi connectivity index (χ1n) is 5.43. The van der Waals surface area contributed by atoms with E-state index in [2.05, 4.69) is 10.3 Å². The topological polar surface area (TPSA) is 62.2 Å². The van der Waals surface area contributed by atoms with Crippen LogP contribution in [0.2, 0.25) is 0 Å². The minimum atomic E-state index is -0.737. The maximum atomic E-state index is 13.3. The van der Waals surface area contributed by atoms with Gasteiger partial charge in [0.2, 0.25) is 0 Å². The molecule has 0 fully saturated rings. The molecule has 0 saturated carbocycles. The molecule has 0 atom stereocenters. The predicted molar refractivity (Wildman–Crippen MR) is 63.4 cm³/mol. The molecule has 2 aromatic rings. The number of amides is 1. The Kier molecular flexibility index (Phi) is 3.70. The van der Waals surface area contributed by atoms with E-state index in [1.165, 1.54) is 18.3 Å². The summed E-state index contributed by atoms with van der Waals surface area (Å²) in [6, 6.07) is 4.43. The molecule has 0 radical (unpaired) electrons. The Bertz CT molecular complexity index is 617. The molecule has 0 aliphatic carbocycles. The smallest absolute Gasteiger partial charge is 0.255 e. The number of carbonyl (C=O) groups excluding carboxylic acids is 1. The van der Waals surface area contributed by atoms with Crippen molar-refractivity contribution in [1.29, 1.82) is 0 Å². The fraction of sp³-hybridized carbons (Fsp3) is 0.0769. The van der Waals surface area contributed by atoms with Gasteiger partial charge in [0, 0.05) is 24.4 Å². The summed E-state index contributed by atoms with van der Waals surface area (Å²) >= 11 is 0. The Hall–Kier alpha value is -2.50. The molecule has 1 aromatic heterocycles. The molecule has 0 spiro atoms. The van der Waals surface area contributed by atoms with Gasteiger partial charge in [0.05, 0.1) is 11.8 Å². The molecule has 6 heteroatoms. The van der Waals surface area contributed by atoms with E-state index in [1.54, 1.807) is 0 Å². The average molecular weight is 264 g/mol. The Morgan fingerprint density at radius 2 is 2.11 bits per heavy atom. The second kappa shape index (κ2) is 5.43. The van der Waals surface area contributed by atoms with Crippen molar-refractivity contribution in [3.63, 3.8) is 0 Å². The molecule has 0 bridgehead atoms. The number of carbonyl (C=O) groups is 1. The normalized spacial score (nSPS) is 10.2. The Morgan fingerprint density at radius 3 is 2.79 bits per heavy atom. The van der Waals surface area contributed by atoms with Gasteiger partial charge >= 0.3 is 0 Å². The number of nitrogens with one attached hydrogen (secondary N) is 1. The maximum absolute atomic E-state index is 13.3. The SMILES string of the molecule is O=C(NCc1ccc(F)cc1F)c1ccncc1O. The molecule has 0 aliphatic heterocycles. The van der Waals surface area contributed by atoms with E-state index in [1.807, 2.05) is 0 Å². The van der Waals surface area contributed by atoms with Gasteiger partial charge in [0.1, 0.15) is 17.4 Å². The number of pyridine rings is 1. The number of benzene rings is 1. The van der Waals surface area contributed by atoms with Crippen LogP contribution >= 0.6 is 0 Å². The highest BCUT2D eigenvalue weighted by atomic mass is 19.1. The van der Waals surface area contributed by atoms with Crippen LogP contribution in [0.3, 0.4) is 0 Å². The molecule has 1 aromatic carbocycles. The number of aromatic hydroxyl groups is 1. The van der Waals surface area contributed by atoms with Crippen molar-refractivity contribution in [2.75, 3.05) is 0 Å². The monoisotopic (exact) mass is 264 g/mol. The summed E-state index contributed by atoms with van der Waals surface area (Å²) in [5.41, 5.74) is 0.195. The van der Waals surface area contributed by atoms with Crippen LogP contribution < -0.4 is 5.32 Å². The zero-order chi connectivity index (χ0) is 13.8. The van der Waals surface area contributed by atoms with Crippen LogP contribution in [0.4, 0.5) is 8.78 Å². The first kappa shape index (κ1) is 12.9. The second-order valence-corrected chi connectivity index (χ2v) is 3.81. The van der Waals surface area contributed by atoms with E-state index < -0.39 is 17.5 Å². The second-order valence-electron chi connectivity index (χ2n) is 3.81. The lowest BCUT2D eigenvalue weighted by Gasteiger charge is -2.07. The molecule has 0 aliphatic rings. The van der Waals surface area contributed by atoms with Crippen LogP contribution in [0.1, 0.15) is 15.9 Å². The summed E-state index contributed by atoms with van der Waals surface area (Å²) in [4.78, 5) is 15.4. The van der Waals surface area contributed by atoms with Crippen LogP contribution in [-0.4, -0.2) is 16.0 Å². The highest BCUT2D eigenvalue weighted by molar-refractivity contribution is 5.96. The van der Waals surface area contributed by atoms with E-state index in [0.717, 1.165) is 18.3 Å². The van der Waals surface area contributed by atoms with Gasteiger partial charge in [-0.05, 0) is 12.1 Å². The summed E-state index contributed by atoms with van der Waals surface area (Å²) < 4.78 is 26.0. The van der Waals surface area contributed by atoms with Crippen molar-refractivity contribution in [2.45, 2.75) is 6.54 Å². The van der Waals surface area contributed by atoms with Crippen LogP contribution in [0.15, 0.2) is 36.7 Å². The number of aromatic nitrogens is 1. The Morgan fingerprint density at radius 1 is 1.32 bits per heavy atom. The molecule has 98 valence electrons. The van der Waals surface area contributed by atoms with E-state index >= 15 is 0 Å². The van der Waals surface area contributed by atoms with Crippen molar-refractivity contribution in [3.05, 3.63) is 59.4 Å². The molecule has 19 heavy (non-hydrogen) atoms. The minimum absolute atomic E-state index is 0.0394. The Labute approximate surface area is 107 Å². The van der Waals surface area contributed by atoms with Crippen LogP contribution in [-0.2, 0) is 6.54 Å². The van der Waals surface area contributed by atoms with Crippen molar-refractivity contribution < 1.29 is 18.7 Å². The lowest BCUT2D eigenvalue weighted by Crippen LogP contribution is -2.23. The number of hydrogen-bond acceptors (Lipinski definition) is 3. The quantitative estimate of drug-likeness (QED) is 0.891. The summed E-state index contributed by atoms with van der Waals surface area (Å²) in [6.45, 7) is -0.104. The van der Waals surface area contributed by atoms with Crippen LogP contribution in [0.5, 0.6) is 5.75 Å². The lowest BCUT2D eigenvalue weighted by molar-refractivity contribution is 0.0948. The Balaban J connectivity index is 2.07. The van der Waals surface area contributed by atoms with Crippen molar-refractivity contribution >= 4 is 5.91 Å². The number of hydrogen-bond donors (Lipinski definition) is 2. The fourth-order valence-electron chi connectivity index (χ4n) is 1.51. The molecule has 0 saturated heterocycles. The molecule has 1 heterocycles. The van der Waals surface area contributed by atoms with Crippen LogP contribution in [0, 0.1) is 11.6 Å². The summed E-state index contributed by atoms with van der Waals surface area (Å²) in [5, 5.41) is 11.8. The first-order chi connectivity index (χ1) is 9.08. The summed E-state index contributed by atoms with van der Waals surface area (Å²) in [5.74, 6) is -2.25. The third-order valence-corrected chi connectivity index (χ3v) is 2.50. The fourth-order valence-corrected chi connectivity index (χ4v) is 1.51. The van der Waals surface area contributed by atoms with Gasteiger partial charge < -0.3 is 10.4 Å². The molecule has 0 unspecified atom stereocenters. The zero-order valence-electron chi connectivity index (χ0n) is 9.73. The standard InChI is InChI=1S/C13H10F2N2O2/c14-9-2-1-8(11(15)5-9)6-17-13(19)10-3-4-16-7-12(10)18/h1-5,7,18H,6H2,(H,17,19). The molecule has 2 N–H and O–H groups in total. The average Bonchev–Trinajstić information content (AvgIpc) is 2.38. The van der Waals surface area contributed by atoms with E-state index in [9.17, 15) is 18.7 Å². The largest absolute Gasteiger partial charge is 0.505 e. The van der Waals surface area contributed by atoms with E-state index in [-0.39, 0.29) is 23.4 Å². The maximum Gasteiger partial charge on any atom is 0.255 e. The van der Waals surface area contributed by atoms with E-state index in [4.69, 9.17) is 0 Å². The van der Waals surface area contributed by atoms with Gasteiger partial charge in [0.15, 0.2) is 0 Å². The molecule has 2 rings (SSSR count). The van der Waals surface area contributed by atoms with Gasteiger partial charge in [-0.25, -0.2) is 8.78 Å². The highest BCUT2D eigenvalue weighted by Crippen LogP contribution is 2.14. The lowest BCUT2D eigenvalue weighted by atomic mass is 10.2. The van der Waals surface area contributed by atoms with Crippen LogP contribution in [0.25, 0.3) is 0 Å². The highest BCUT2D eigenvalue weighted by Gasteiger charge is 2.11. The molecular weight excluding hydrogens is 254 g/mol. The van der Waals surface area contributed by atoms with Gasteiger partial charge in [0.25, 0.3) is 5.91 Å². The van der Waals surface area contributed by atoms with Gasteiger partial charge in [-0.2, -0.15) is 0 Å². The first-order valence-corrected chi connectivity index (χ1v) is 5.43. The van der Waals surface area contributed by atoms with Gasteiger partial charge in [-0.1, -0.05) is 6.07 Å². The summed E-state index contributed by atoms with van der Waals surface area (Å²) in [7, 11) is 0. The van der Waals surface area contributed by atoms with Gasteiger partial charge in [-0.3, -0.25) is 9.78 Å². The number of nitrogens with zero attached hydrogens (tertiary/aromatic N) is 1. The van der Waals surface area contributed by atoms with Crippen molar-refractivity contribution in [2.24, 2.45) is 0 Å². The zero-order valence-corrected chi connectivity index (χ0v) is 9.73.